The van der Waals surface area contributed by atoms with Crippen LogP contribution in [-0.4, -0.2) is 106 Å². The number of nitrogens with zero attached hydrogens (tertiary/aromatic N) is 3. The van der Waals surface area contributed by atoms with Crippen molar-refractivity contribution in [3.05, 3.63) is 58.0 Å². The number of piperidine rings is 1. The van der Waals surface area contributed by atoms with Gasteiger partial charge in [0.2, 0.25) is 0 Å². The normalized spacial score (nSPS) is 32.9. The topological polar surface area (TPSA) is 209 Å². The summed E-state index contributed by atoms with van der Waals surface area (Å²) in [7, 11) is 1.47. The van der Waals surface area contributed by atoms with Crippen molar-refractivity contribution >= 4 is 34.1 Å². The number of allylic oxidation sites excluding steroid dienone is 2. The van der Waals surface area contributed by atoms with Crippen LogP contribution in [-0.2, 0) is 23.8 Å². The molecule has 4 aliphatic heterocycles. The summed E-state index contributed by atoms with van der Waals surface area (Å²) in [5, 5.41) is 50.1. The number of methoxy groups -OCH3 is 1. The van der Waals surface area contributed by atoms with E-state index in [0.29, 0.717) is 25.9 Å². The maximum Gasteiger partial charge on any atom is 0.312 e. The number of carbonyl (C=O) groups excluding carboxylic acids is 3. The predicted molar refractivity (Wildman–Crippen MR) is 223 cm³/mol. The first kappa shape index (κ1) is 44.7. The first-order chi connectivity index (χ1) is 28.3. The second-order valence-corrected chi connectivity index (χ2v) is 17.1. The zero-order valence-electron chi connectivity index (χ0n) is 36.2. The molecule has 60 heavy (non-hydrogen) atoms. The van der Waals surface area contributed by atoms with Crippen molar-refractivity contribution in [1.82, 2.24) is 4.90 Å². The summed E-state index contributed by atoms with van der Waals surface area (Å²) in [5.41, 5.74) is -0.557. The Labute approximate surface area is 350 Å². The molecule has 1 saturated heterocycles. The molecule has 0 radical (unpaired) electrons. The van der Waals surface area contributed by atoms with Gasteiger partial charge in [0, 0.05) is 87.1 Å². The van der Waals surface area contributed by atoms with Gasteiger partial charge in [-0.3, -0.25) is 24.4 Å². The van der Waals surface area contributed by atoms with Gasteiger partial charge < -0.3 is 49.6 Å². The van der Waals surface area contributed by atoms with E-state index in [1.807, 2.05) is 0 Å². The van der Waals surface area contributed by atoms with E-state index in [0.717, 1.165) is 13.0 Å². The van der Waals surface area contributed by atoms with Crippen molar-refractivity contribution in [2.24, 2.45) is 33.7 Å². The number of rotatable bonds is 4. The maximum atomic E-state index is 14.7. The molecule has 4 heterocycles. The van der Waals surface area contributed by atoms with Gasteiger partial charge in [-0.1, -0.05) is 52.8 Å². The van der Waals surface area contributed by atoms with Gasteiger partial charge in [-0.05, 0) is 32.9 Å². The summed E-state index contributed by atoms with van der Waals surface area (Å²) in [6.45, 7) is 17.3. The zero-order valence-corrected chi connectivity index (χ0v) is 36.2. The summed E-state index contributed by atoms with van der Waals surface area (Å²) in [6.07, 6.45) is 6.04. The van der Waals surface area contributed by atoms with Gasteiger partial charge in [-0.15, -0.1) is 0 Å². The van der Waals surface area contributed by atoms with Crippen LogP contribution in [0.4, 0.5) is 5.69 Å². The molecule has 0 aliphatic carbocycles. The minimum absolute atomic E-state index is 0.0375. The molecule has 15 heteroatoms. The minimum atomic E-state index is -1.95. The van der Waals surface area contributed by atoms with Crippen molar-refractivity contribution < 1.29 is 53.8 Å². The van der Waals surface area contributed by atoms with Crippen molar-refractivity contribution in [2.75, 3.05) is 32.1 Å². The molecule has 5 N–H and O–H groups in total. The van der Waals surface area contributed by atoms with Crippen LogP contribution < -0.4 is 20.8 Å². The highest BCUT2D eigenvalue weighted by molar-refractivity contribution is 6.19. The number of esters is 1. The van der Waals surface area contributed by atoms with Crippen LogP contribution in [0.15, 0.2) is 46.1 Å². The number of amides is 1. The van der Waals surface area contributed by atoms with E-state index in [4.69, 9.17) is 28.9 Å². The lowest BCUT2D eigenvalue weighted by molar-refractivity contribution is -0.160. The Morgan fingerprint density at radius 1 is 0.967 bits per heavy atom. The molecule has 4 aliphatic rings. The lowest BCUT2D eigenvalue weighted by Crippen LogP contribution is -2.46. The number of carbonyl (C=O) groups is 3. The fourth-order valence-electron chi connectivity index (χ4n) is 9.04. The molecule has 9 atom stereocenters. The third-order valence-corrected chi connectivity index (χ3v) is 12.8. The predicted octanol–water partition coefficient (Wildman–Crippen LogP) is 4.50. The smallest absolute Gasteiger partial charge is 0.312 e. The molecule has 0 saturated carbocycles. The number of anilines is 1. The fraction of sp³-hybridized carbons (Fsp3) is 0.578. The van der Waals surface area contributed by atoms with Gasteiger partial charge in [-0.2, -0.15) is 0 Å². The number of phenolic OH excluding ortho intramolecular Hbond substituents is 2. The highest BCUT2D eigenvalue weighted by atomic mass is 16.7. The van der Waals surface area contributed by atoms with Crippen LogP contribution in [0.1, 0.15) is 90.6 Å². The number of fused-ring (bicyclic) bond motifs is 1. The summed E-state index contributed by atoms with van der Waals surface area (Å²) < 4.78 is 24.0. The molecule has 15 nitrogen and oxygen atoms in total. The number of ketones is 1. The van der Waals surface area contributed by atoms with Crippen LogP contribution in [0.5, 0.6) is 17.2 Å². The van der Waals surface area contributed by atoms with Crippen LogP contribution in [0.2, 0.25) is 0 Å². The molecule has 1 spiro atoms. The Kier molecular flexibility index (Phi) is 12.9. The average molecular weight is 833 g/mol. The number of hydrogen-bond acceptors (Lipinski definition) is 14. The van der Waals surface area contributed by atoms with Crippen molar-refractivity contribution in [3.63, 3.8) is 0 Å². The number of likely N-dealkylation sites (tertiary alicyclic amines) is 1. The molecule has 1 fully saturated rings. The monoisotopic (exact) mass is 832 g/mol. The van der Waals surface area contributed by atoms with E-state index in [1.165, 1.54) is 27.2 Å². The number of phenols is 2. The Morgan fingerprint density at radius 2 is 1.63 bits per heavy atom. The third-order valence-electron chi connectivity index (χ3n) is 12.8. The highest BCUT2D eigenvalue weighted by Crippen LogP contribution is 2.50. The van der Waals surface area contributed by atoms with Gasteiger partial charge in [0.1, 0.15) is 28.6 Å². The van der Waals surface area contributed by atoms with Crippen molar-refractivity contribution in [3.8, 4) is 17.2 Å². The first-order valence-electron chi connectivity index (χ1n) is 20.9. The van der Waals surface area contributed by atoms with E-state index in [1.54, 1.807) is 65.8 Å². The van der Waals surface area contributed by atoms with Gasteiger partial charge in [0.25, 0.3) is 11.7 Å². The molecular weight excluding hydrogens is 773 g/mol. The van der Waals surface area contributed by atoms with Crippen molar-refractivity contribution in [1.29, 1.82) is 0 Å². The van der Waals surface area contributed by atoms with Crippen molar-refractivity contribution in [2.45, 2.75) is 117 Å². The van der Waals surface area contributed by atoms with Crippen LogP contribution in [0.25, 0.3) is 10.8 Å². The second kappa shape index (κ2) is 17.3. The Morgan fingerprint density at radius 3 is 2.27 bits per heavy atom. The number of aliphatic hydroxyl groups excluding tert-OH is 2. The average Bonchev–Trinajstić information content (AvgIpc) is 3.71. The number of nitrogens with one attached hydrogen (secondary N) is 1. The zero-order chi connectivity index (χ0) is 44.0. The molecule has 326 valence electrons. The molecule has 0 unspecified atom stereocenters. The summed E-state index contributed by atoms with van der Waals surface area (Å²) in [6, 6.07) is 0. The molecule has 1 amide bonds. The fourth-order valence-corrected chi connectivity index (χ4v) is 9.04. The molecule has 0 aromatic heterocycles. The Balaban J connectivity index is 1.54. The maximum absolute atomic E-state index is 14.7. The number of hydrogen-bond donors (Lipinski definition) is 5. The van der Waals surface area contributed by atoms with Gasteiger partial charge >= 0.3 is 11.8 Å². The standard InChI is InChI=1S/C45H60N4O11/c1-11-18-49-19-16-45(17-20-49)47-33-30-31-38(53)27(7)41-32(30)42(55)44(9,60-41)58-21-15-29(57-10)24(4)40(59-28(8)50)26(6)37(52)25(5)36(51)22(2)13-12-14-23(3)43(56)46-35(39(31)54)34(33)48-45/h12-15,21-22,24-26,29,36-37,40,51-54H,11,16-20H2,1-10H3,(H,46,56)/b13-12+,21-15+,23-14-/t22-,24+,25+,26+,29-,36-,37+,40+,44-/m0/s1. The van der Waals surface area contributed by atoms with Gasteiger partial charge in [-0.25, -0.2) is 0 Å². The van der Waals surface area contributed by atoms with E-state index in [2.05, 4.69) is 17.1 Å². The van der Waals surface area contributed by atoms with E-state index in [9.17, 15) is 34.8 Å². The SMILES string of the molecule is CCCN1CCC2(CC1)N=c1c3c(O)c4c(O)c(C)c5c(c4c1=N2)C(=O)[C@@](C)(O/C=C/[C@H](OC)[C@@H](C)[C@@H](OC(C)=O)[C@H](C)[C@H](O)[C@H](C)[C@@H](O)[C@@H](C)/C=C/C=C(/C)C(=O)N3)O5. The molecule has 2 aromatic carbocycles. The van der Waals surface area contributed by atoms with Crippen LogP contribution in [0, 0.1) is 30.6 Å². The van der Waals surface area contributed by atoms with E-state index >= 15 is 0 Å². The number of aromatic hydroxyl groups is 2. The lowest BCUT2D eigenvalue weighted by atomic mass is 9.78. The molecule has 6 rings (SSSR count). The Hall–Kier alpha value is -4.83. The summed E-state index contributed by atoms with van der Waals surface area (Å²) in [5.74, 6) is -6.89. The van der Waals surface area contributed by atoms with Crippen LogP contribution >= 0.6 is 0 Å². The van der Waals surface area contributed by atoms with Gasteiger partial charge in [0.05, 0.1) is 40.9 Å². The summed E-state index contributed by atoms with van der Waals surface area (Å²) in [4.78, 5) is 53.5. The molecular formula is C45H60N4O11. The van der Waals surface area contributed by atoms with E-state index < -0.39 is 82.9 Å². The van der Waals surface area contributed by atoms with Crippen LogP contribution in [0.3, 0.4) is 0 Å². The van der Waals surface area contributed by atoms with Gasteiger partial charge in [0.15, 0.2) is 11.4 Å². The summed E-state index contributed by atoms with van der Waals surface area (Å²) >= 11 is 0. The number of aliphatic hydroxyl groups is 2. The third kappa shape index (κ3) is 8.04. The highest BCUT2D eigenvalue weighted by Gasteiger charge is 2.50. The molecule has 4 bridgehead atoms. The Bertz CT molecular complexity index is 2260. The quantitative estimate of drug-likeness (QED) is 0.213. The number of ether oxygens (including phenoxy) is 4. The largest absolute Gasteiger partial charge is 0.507 e. The lowest BCUT2D eigenvalue weighted by Gasteiger charge is -2.38. The number of Topliss-reactive ketones (excluding diaryl/α,β-unsaturated/α-hetero) is 1. The minimum Gasteiger partial charge on any atom is -0.507 e. The van der Waals surface area contributed by atoms with E-state index in [-0.39, 0.29) is 55.4 Å². The number of benzene rings is 2. The first-order valence-corrected chi connectivity index (χ1v) is 20.9. The molecule has 2 aromatic rings. The second-order valence-electron chi connectivity index (χ2n) is 17.1.